The van der Waals surface area contributed by atoms with E-state index in [9.17, 15) is 9.59 Å². The summed E-state index contributed by atoms with van der Waals surface area (Å²) in [5.41, 5.74) is 3.10. The molecule has 8 nitrogen and oxygen atoms in total. The maximum atomic E-state index is 12.7. The zero-order valence-electron chi connectivity index (χ0n) is 18.2. The van der Waals surface area contributed by atoms with Gasteiger partial charge in [-0.15, -0.1) is 0 Å². The minimum atomic E-state index is -0.599. The number of hydrogen-bond donors (Lipinski definition) is 1. The van der Waals surface area contributed by atoms with Crippen LogP contribution in [0, 0.1) is 0 Å². The van der Waals surface area contributed by atoms with Crippen molar-refractivity contribution in [1.82, 2.24) is 5.43 Å². The SMILES string of the molecule is COc1ccc(C(=O)Oc2ccc(Br)cc2/C=N\NC(=O)COc2ccc(Cl)cc2)cc1OC. The summed E-state index contributed by atoms with van der Waals surface area (Å²) in [5, 5.41) is 4.49. The zero-order chi connectivity index (χ0) is 24.5. The molecule has 34 heavy (non-hydrogen) atoms. The Morgan fingerprint density at radius 2 is 1.68 bits per heavy atom. The molecule has 176 valence electrons. The molecule has 0 unspecified atom stereocenters. The van der Waals surface area contributed by atoms with Gasteiger partial charge in [0.05, 0.1) is 26.0 Å². The Balaban J connectivity index is 1.65. The highest BCUT2D eigenvalue weighted by atomic mass is 79.9. The highest BCUT2D eigenvalue weighted by Gasteiger charge is 2.15. The van der Waals surface area contributed by atoms with Gasteiger partial charge in [0.25, 0.3) is 5.91 Å². The summed E-state index contributed by atoms with van der Waals surface area (Å²) in [7, 11) is 2.98. The lowest BCUT2D eigenvalue weighted by Crippen LogP contribution is -2.24. The van der Waals surface area contributed by atoms with Crippen molar-refractivity contribution in [1.29, 1.82) is 0 Å². The number of hydrogen-bond acceptors (Lipinski definition) is 7. The molecular weight excluding hydrogens is 528 g/mol. The highest BCUT2D eigenvalue weighted by Crippen LogP contribution is 2.29. The molecule has 1 amide bonds. The molecule has 0 bridgehead atoms. The minimum absolute atomic E-state index is 0.237. The van der Waals surface area contributed by atoms with E-state index in [0.29, 0.717) is 27.8 Å². The van der Waals surface area contributed by atoms with Gasteiger partial charge >= 0.3 is 5.97 Å². The lowest BCUT2D eigenvalue weighted by Gasteiger charge is -2.11. The van der Waals surface area contributed by atoms with Gasteiger partial charge in [0.2, 0.25) is 0 Å². The first-order valence-corrected chi connectivity index (χ1v) is 11.0. The van der Waals surface area contributed by atoms with Crippen molar-refractivity contribution in [3.63, 3.8) is 0 Å². The van der Waals surface area contributed by atoms with Crippen LogP contribution in [0.15, 0.2) is 70.2 Å². The summed E-state index contributed by atoms with van der Waals surface area (Å²) < 4.78 is 22.0. The first kappa shape index (κ1) is 25.1. The third-order valence-electron chi connectivity index (χ3n) is 4.37. The molecule has 3 aromatic rings. The lowest BCUT2D eigenvalue weighted by atomic mass is 10.2. The first-order valence-electron chi connectivity index (χ1n) is 9.83. The van der Waals surface area contributed by atoms with Gasteiger partial charge in [-0.25, -0.2) is 10.2 Å². The summed E-state index contributed by atoms with van der Waals surface area (Å²) in [6.07, 6.45) is 1.36. The van der Waals surface area contributed by atoms with Gasteiger partial charge in [-0.1, -0.05) is 27.5 Å². The molecule has 0 aromatic heterocycles. The van der Waals surface area contributed by atoms with E-state index in [-0.39, 0.29) is 17.9 Å². The molecule has 0 heterocycles. The Kier molecular flexibility index (Phi) is 8.89. The fourth-order valence-electron chi connectivity index (χ4n) is 2.72. The number of rotatable bonds is 9. The molecule has 0 aliphatic rings. The third kappa shape index (κ3) is 6.97. The Bertz CT molecular complexity index is 1200. The second-order valence-corrected chi connectivity index (χ2v) is 8.03. The number of ether oxygens (including phenoxy) is 4. The topological polar surface area (TPSA) is 95.5 Å². The number of methoxy groups -OCH3 is 2. The van der Waals surface area contributed by atoms with Gasteiger partial charge in [-0.05, 0) is 60.7 Å². The smallest absolute Gasteiger partial charge is 0.343 e. The van der Waals surface area contributed by atoms with E-state index in [4.69, 9.17) is 30.5 Å². The Morgan fingerprint density at radius 1 is 0.971 bits per heavy atom. The summed E-state index contributed by atoms with van der Waals surface area (Å²) in [5.74, 6) is 0.575. The number of carbonyl (C=O) groups excluding carboxylic acids is 2. The van der Waals surface area contributed by atoms with Crippen LogP contribution in [0.3, 0.4) is 0 Å². The van der Waals surface area contributed by atoms with Crippen LogP contribution in [0.1, 0.15) is 15.9 Å². The second kappa shape index (κ2) is 12.1. The Labute approximate surface area is 209 Å². The monoisotopic (exact) mass is 546 g/mol. The number of hydrazone groups is 1. The number of nitrogens with zero attached hydrogens (tertiary/aromatic N) is 1. The maximum absolute atomic E-state index is 12.7. The number of benzene rings is 3. The fourth-order valence-corrected chi connectivity index (χ4v) is 3.23. The minimum Gasteiger partial charge on any atom is -0.493 e. The van der Waals surface area contributed by atoms with Crippen LogP contribution in [-0.4, -0.2) is 38.9 Å². The van der Waals surface area contributed by atoms with Crippen molar-refractivity contribution in [3.8, 4) is 23.0 Å². The van der Waals surface area contributed by atoms with E-state index in [0.717, 1.165) is 4.47 Å². The van der Waals surface area contributed by atoms with E-state index in [1.165, 1.54) is 26.5 Å². The van der Waals surface area contributed by atoms with Gasteiger partial charge in [-0.2, -0.15) is 5.10 Å². The number of halogens is 2. The molecule has 0 saturated carbocycles. The van der Waals surface area contributed by atoms with Crippen LogP contribution in [0.2, 0.25) is 5.02 Å². The molecule has 0 aliphatic carbocycles. The highest BCUT2D eigenvalue weighted by molar-refractivity contribution is 9.10. The predicted octanol–water partition coefficient (Wildman–Crippen LogP) is 4.87. The van der Waals surface area contributed by atoms with Crippen LogP contribution in [-0.2, 0) is 4.79 Å². The average molecular weight is 548 g/mol. The molecule has 0 saturated heterocycles. The molecule has 0 aliphatic heterocycles. The molecular formula is C24H20BrClN2O6. The molecule has 0 atom stereocenters. The zero-order valence-corrected chi connectivity index (χ0v) is 20.6. The van der Waals surface area contributed by atoms with E-state index in [2.05, 4.69) is 26.5 Å². The molecule has 3 rings (SSSR count). The largest absolute Gasteiger partial charge is 0.493 e. The van der Waals surface area contributed by atoms with Crippen molar-refractivity contribution in [2.75, 3.05) is 20.8 Å². The van der Waals surface area contributed by atoms with Crippen LogP contribution in [0.5, 0.6) is 23.0 Å². The summed E-state index contributed by atoms with van der Waals surface area (Å²) in [6, 6.07) is 16.3. The first-order chi connectivity index (χ1) is 16.4. The van der Waals surface area contributed by atoms with E-state index >= 15 is 0 Å². The van der Waals surface area contributed by atoms with E-state index < -0.39 is 11.9 Å². The van der Waals surface area contributed by atoms with E-state index in [1.54, 1.807) is 54.6 Å². The Hall–Kier alpha value is -3.56. The fraction of sp³-hybridized carbons (Fsp3) is 0.125. The standard InChI is InChI=1S/C24H20BrClN2O6/c1-31-21-9-3-15(12-22(21)32-2)24(30)34-20-10-4-17(25)11-16(20)13-27-28-23(29)14-33-19-7-5-18(26)6-8-19/h3-13H,14H2,1-2H3,(H,28,29)/b27-13-. The summed E-state index contributed by atoms with van der Waals surface area (Å²) in [6.45, 7) is -0.237. The summed E-state index contributed by atoms with van der Waals surface area (Å²) in [4.78, 5) is 24.7. The molecule has 0 fully saturated rings. The number of amides is 1. The quantitative estimate of drug-likeness (QED) is 0.178. The second-order valence-electron chi connectivity index (χ2n) is 6.68. The van der Waals surface area contributed by atoms with Crippen molar-refractivity contribution in [2.45, 2.75) is 0 Å². The Morgan fingerprint density at radius 3 is 2.38 bits per heavy atom. The van der Waals surface area contributed by atoms with Gasteiger partial charge in [0.1, 0.15) is 11.5 Å². The van der Waals surface area contributed by atoms with Gasteiger partial charge in [-0.3, -0.25) is 4.79 Å². The van der Waals surface area contributed by atoms with Crippen LogP contribution in [0.4, 0.5) is 0 Å². The van der Waals surface area contributed by atoms with Gasteiger partial charge in [0.15, 0.2) is 18.1 Å². The number of esters is 1. The van der Waals surface area contributed by atoms with Gasteiger partial charge in [0, 0.05) is 15.1 Å². The average Bonchev–Trinajstić information content (AvgIpc) is 2.84. The molecule has 3 aromatic carbocycles. The lowest BCUT2D eigenvalue weighted by molar-refractivity contribution is -0.123. The normalized spacial score (nSPS) is 10.6. The predicted molar refractivity (Wildman–Crippen MR) is 131 cm³/mol. The number of carbonyl (C=O) groups is 2. The number of nitrogens with one attached hydrogen (secondary N) is 1. The van der Waals surface area contributed by atoms with Crippen molar-refractivity contribution in [3.05, 3.63) is 81.3 Å². The van der Waals surface area contributed by atoms with Crippen molar-refractivity contribution >= 4 is 45.6 Å². The molecule has 1 N–H and O–H groups in total. The van der Waals surface area contributed by atoms with E-state index in [1.807, 2.05) is 0 Å². The van der Waals surface area contributed by atoms with Crippen molar-refractivity contribution in [2.24, 2.45) is 5.10 Å². The summed E-state index contributed by atoms with van der Waals surface area (Å²) >= 11 is 9.19. The van der Waals surface area contributed by atoms with Gasteiger partial charge < -0.3 is 18.9 Å². The van der Waals surface area contributed by atoms with Crippen LogP contribution in [0.25, 0.3) is 0 Å². The maximum Gasteiger partial charge on any atom is 0.343 e. The molecule has 10 heteroatoms. The third-order valence-corrected chi connectivity index (χ3v) is 5.12. The van der Waals surface area contributed by atoms with Crippen molar-refractivity contribution < 1.29 is 28.5 Å². The van der Waals surface area contributed by atoms with Crippen LogP contribution >= 0.6 is 27.5 Å². The molecule has 0 radical (unpaired) electrons. The van der Waals surface area contributed by atoms with Crippen LogP contribution < -0.4 is 24.4 Å². The molecule has 0 spiro atoms.